The molecular formula is C29H23ClN2O3. The Labute approximate surface area is 208 Å². The van der Waals surface area contributed by atoms with Crippen LogP contribution in [0.5, 0.6) is 0 Å². The van der Waals surface area contributed by atoms with Gasteiger partial charge in [-0.1, -0.05) is 71.8 Å². The minimum atomic E-state index is -1.26. The predicted octanol–water partition coefficient (Wildman–Crippen LogP) is 5.21. The zero-order valence-electron chi connectivity index (χ0n) is 19.3. The Morgan fingerprint density at radius 1 is 1.03 bits per heavy atom. The standard InChI is InChI=1S/C29H23ClN2O3/c1-16-7-9-18(10-8-16)27(34)25-26(17(2)33)32-23-13-12-20(30)15-19(23)11-14-24(32)29(25)21-5-3-4-6-22(21)31-28(29)35/h3-15,24-26H,1-2H3,(H,31,35)/t24-,25+,26-,29-/m1/s1. The van der Waals surface area contributed by atoms with Crippen molar-refractivity contribution in [2.45, 2.75) is 31.3 Å². The van der Waals surface area contributed by atoms with Crippen molar-refractivity contribution >= 4 is 46.5 Å². The van der Waals surface area contributed by atoms with Crippen LogP contribution in [0.1, 0.15) is 34.0 Å². The second-order valence-electron chi connectivity index (χ2n) is 9.55. The second kappa shape index (κ2) is 7.65. The number of hydrogen-bond donors (Lipinski definition) is 1. The summed E-state index contributed by atoms with van der Waals surface area (Å²) in [6, 6.07) is 18.9. The first-order valence-corrected chi connectivity index (χ1v) is 12.0. The minimum absolute atomic E-state index is 0.161. The molecule has 0 radical (unpaired) electrons. The SMILES string of the molecule is CC(=O)[C@@H]1[C@@H](C(=O)c2ccc(C)cc2)[C@]2(C(=O)Nc3ccccc32)[C@H]2C=Cc3cc(Cl)ccc3N12. The Balaban J connectivity index is 1.65. The van der Waals surface area contributed by atoms with Crippen LogP contribution in [0.4, 0.5) is 11.4 Å². The van der Waals surface area contributed by atoms with Gasteiger partial charge >= 0.3 is 0 Å². The fourth-order valence-electron chi connectivity index (χ4n) is 6.20. The molecule has 6 heteroatoms. The molecule has 0 bridgehead atoms. The maximum Gasteiger partial charge on any atom is 0.238 e. The number of nitrogens with one attached hydrogen (secondary N) is 1. The highest BCUT2D eigenvalue weighted by Gasteiger charge is 2.69. The summed E-state index contributed by atoms with van der Waals surface area (Å²) in [5.41, 5.74) is 3.32. The third-order valence-electron chi connectivity index (χ3n) is 7.63. The van der Waals surface area contributed by atoms with Gasteiger partial charge in [-0.2, -0.15) is 0 Å². The number of rotatable bonds is 3. The molecular weight excluding hydrogens is 460 g/mol. The Bertz CT molecular complexity index is 1440. The zero-order chi connectivity index (χ0) is 24.5. The fraction of sp³-hybridized carbons (Fsp3) is 0.207. The van der Waals surface area contributed by atoms with Crippen LogP contribution in [0.3, 0.4) is 0 Å². The number of para-hydroxylation sites is 1. The van der Waals surface area contributed by atoms with E-state index >= 15 is 0 Å². The molecule has 0 aliphatic carbocycles. The molecule has 3 aromatic carbocycles. The third kappa shape index (κ3) is 2.91. The van der Waals surface area contributed by atoms with Crippen LogP contribution >= 0.6 is 11.6 Å². The number of aryl methyl sites for hydroxylation is 1. The lowest BCUT2D eigenvalue weighted by Gasteiger charge is -2.37. The van der Waals surface area contributed by atoms with E-state index in [4.69, 9.17) is 11.6 Å². The molecule has 1 spiro atoms. The summed E-state index contributed by atoms with van der Waals surface area (Å²) >= 11 is 6.26. The van der Waals surface area contributed by atoms with Crippen molar-refractivity contribution in [3.63, 3.8) is 0 Å². The van der Waals surface area contributed by atoms with Crippen molar-refractivity contribution in [1.29, 1.82) is 0 Å². The molecule has 0 aromatic heterocycles. The Morgan fingerprint density at radius 2 is 1.77 bits per heavy atom. The van der Waals surface area contributed by atoms with E-state index in [0.717, 1.165) is 22.4 Å². The quantitative estimate of drug-likeness (QED) is 0.520. The van der Waals surface area contributed by atoms with Crippen LogP contribution in [0.25, 0.3) is 6.08 Å². The number of carbonyl (C=O) groups is 3. The van der Waals surface area contributed by atoms with Gasteiger partial charge in [-0.05, 0) is 49.2 Å². The van der Waals surface area contributed by atoms with Gasteiger partial charge in [0.2, 0.25) is 5.91 Å². The van der Waals surface area contributed by atoms with E-state index in [1.807, 2.05) is 72.5 Å². The average molecular weight is 483 g/mol. The summed E-state index contributed by atoms with van der Waals surface area (Å²) in [6.07, 6.45) is 3.88. The molecule has 3 heterocycles. The molecule has 1 fully saturated rings. The van der Waals surface area contributed by atoms with Gasteiger partial charge in [0.1, 0.15) is 5.41 Å². The number of Topliss-reactive ketones (excluding diaryl/α,β-unsaturated/α-hetero) is 2. The van der Waals surface area contributed by atoms with Crippen LogP contribution < -0.4 is 10.2 Å². The lowest BCUT2D eigenvalue weighted by molar-refractivity contribution is -0.122. The zero-order valence-corrected chi connectivity index (χ0v) is 20.0. The number of amides is 1. The van der Waals surface area contributed by atoms with Crippen LogP contribution in [0.2, 0.25) is 5.02 Å². The summed E-state index contributed by atoms with van der Waals surface area (Å²) in [7, 11) is 0. The number of fused-ring (bicyclic) bond motifs is 6. The Morgan fingerprint density at radius 3 is 2.51 bits per heavy atom. The summed E-state index contributed by atoms with van der Waals surface area (Å²) in [6.45, 7) is 3.46. The molecule has 5 nitrogen and oxygen atoms in total. The lowest BCUT2D eigenvalue weighted by Crippen LogP contribution is -2.51. The Kier molecular flexibility index (Phi) is 4.77. The summed E-state index contributed by atoms with van der Waals surface area (Å²) in [5, 5.41) is 3.60. The molecule has 3 aliphatic rings. The summed E-state index contributed by atoms with van der Waals surface area (Å²) in [5.74, 6) is -1.55. The molecule has 1 saturated heterocycles. The Hall–Kier alpha value is -3.70. The molecule has 4 atom stereocenters. The fourth-order valence-corrected chi connectivity index (χ4v) is 6.38. The molecule has 1 amide bonds. The highest BCUT2D eigenvalue weighted by molar-refractivity contribution is 6.31. The topological polar surface area (TPSA) is 66.5 Å². The van der Waals surface area contributed by atoms with E-state index in [2.05, 4.69) is 5.32 Å². The highest BCUT2D eigenvalue weighted by atomic mass is 35.5. The van der Waals surface area contributed by atoms with Crippen LogP contribution in [0, 0.1) is 12.8 Å². The first-order chi connectivity index (χ1) is 16.8. The van der Waals surface area contributed by atoms with Gasteiger partial charge < -0.3 is 10.2 Å². The molecule has 0 unspecified atom stereocenters. The molecule has 6 rings (SSSR count). The summed E-state index contributed by atoms with van der Waals surface area (Å²) < 4.78 is 0. The number of benzene rings is 3. The van der Waals surface area contributed by atoms with E-state index in [1.54, 1.807) is 18.2 Å². The molecule has 1 N–H and O–H groups in total. The number of carbonyl (C=O) groups excluding carboxylic acids is 3. The number of halogens is 1. The van der Waals surface area contributed by atoms with Crippen LogP contribution in [0.15, 0.2) is 72.8 Å². The first kappa shape index (κ1) is 21.8. The number of hydrogen-bond acceptors (Lipinski definition) is 4. The van der Waals surface area contributed by atoms with Crippen molar-refractivity contribution in [2.75, 3.05) is 10.2 Å². The smallest absolute Gasteiger partial charge is 0.238 e. The highest BCUT2D eigenvalue weighted by Crippen LogP contribution is 2.57. The summed E-state index contributed by atoms with van der Waals surface area (Å²) in [4.78, 5) is 43.6. The molecule has 174 valence electrons. The van der Waals surface area contributed by atoms with Crippen LogP contribution in [-0.2, 0) is 15.0 Å². The van der Waals surface area contributed by atoms with Gasteiger partial charge in [0.05, 0.1) is 18.0 Å². The van der Waals surface area contributed by atoms with Gasteiger partial charge in [0.15, 0.2) is 11.6 Å². The molecule has 0 saturated carbocycles. The van der Waals surface area contributed by atoms with Crippen molar-refractivity contribution in [3.8, 4) is 0 Å². The van der Waals surface area contributed by atoms with Gasteiger partial charge in [-0.25, -0.2) is 0 Å². The van der Waals surface area contributed by atoms with Crippen molar-refractivity contribution < 1.29 is 14.4 Å². The molecule has 35 heavy (non-hydrogen) atoms. The van der Waals surface area contributed by atoms with Crippen molar-refractivity contribution in [3.05, 3.63) is 100 Å². The van der Waals surface area contributed by atoms with E-state index in [-0.39, 0.29) is 17.5 Å². The molecule has 3 aliphatic heterocycles. The van der Waals surface area contributed by atoms with Crippen LogP contribution in [-0.4, -0.2) is 29.6 Å². The van der Waals surface area contributed by atoms with E-state index in [0.29, 0.717) is 16.3 Å². The normalized spacial score (nSPS) is 25.7. The van der Waals surface area contributed by atoms with Gasteiger partial charge in [0.25, 0.3) is 0 Å². The van der Waals surface area contributed by atoms with Gasteiger partial charge in [-0.3, -0.25) is 14.4 Å². The van der Waals surface area contributed by atoms with E-state index < -0.39 is 23.4 Å². The van der Waals surface area contributed by atoms with E-state index in [9.17, 15) is 14.4 Å². The maximum absolute atomic E-state index is 14.3. The monoisotopic (exact) mass is 482 g/mol. The average Bonchev–Trinajstić information content (AvgIpc) is 3.32. The molecule has 3 aromatic rings. The second-order valence-corrected chi connectivity index (χ2v) is 9.98. The lowest BCUT2D eigenvalue weighted by atomic mass is 9.64. The minimum Gasteiger partial charge on any atom is -0.352 e. The largest absolute Gasteiger partial charge is 0.352 e. The number of ketones is 2. The van der Waals surface area contributed by atoms with Gasteiger partial charge in [-0.15, -0.1) is 0 Å². The third-order valence-corrected chi connectivity index (χ3v) is 7.86. The maximum atomic E-state index is 14.3. The van der Waals surface area contributed by atoms with Crippen molar-refractivity contribution in [1.82, 2.24) is 0 Å². The number of anilines is 2. The predicted molar refractivity (Wildman–Crippen MR) is 137 cm³/mol. The van der Waals surface area contributed by atoms with Gasteiger partial charge in [0, 0.05) is 22.0 Å². The van der Waals surface area contributed by atoms with Crippen molar-refractivity contribution in [2.24, 2.45) is 5.92 Å². The van der Waals surface area contributed by atoms with E-state index in [1.165, 1.54) is 6.92 Å². The first-order valence-electron chi connectivity index (χ1n) is 11.6. The number of nitrogens with zero attached hydrogens (tertiary/aromatic N) is 1.